The van der Waals surface area contributed by atoms with Crippen molar-refractivity contribution >= 4 is 5.91 Å². The highest BCUT2D eigenvalue weighted by Gasteiger charge is 2.21. The second-order valence-corrected chi connectivity index (χ2v) is 6.17. The van der Waals surface area contributed by atoms with Gasteiger partial charge in [-0.15, -0.1) is 0 Å². The molecule has 1 aliphatic heterocycles. The third-order valence-electron chi connectivity index (χ3n) is 3.88. The number of likely N-dealkylation sites (tertiary alicyclic amines) is 1. The minimum Gasteiger partial charge on any atom is -0.343 e. The fourth-order valence-electron chi connectivity index (χ4n) is 2.68. The number of nitrogens with zero attached hydrogens (tertiary/aromatic N) is 1. The van der Waals surface area contributed by atoms with Gasteiger partial charge in [-0.25, -0.2) is 0 Å². The minimum absolute atomic E-state index is 0.221. The fraction of sp³-hybridized carbons (Fsp3) is 0.933. The molecule has 0 spiro atoms. The Morgan fingerprint density at radius 3 is 2.33 bits per heavy atom. The molecule has 1 fully saturated rings. The Balaban J connectivity index is 2.14. The Kier molecular flexibility index (Phi) is 6.69. The molecule has 1 aliphatic rings. The molecule has 0 aromatic carbocycles. The highest BCUT2D eigenvalue weighted by Crippen LogP contribution is 2.13. The Bertz CT molecular complexity index is 245. The smallest absolute Gasteiger partial charge is 0.219 e. The van der Waals surface area contributed by atoms with Crippen molar-refractivity contribution in [3.63, 3.8) is 0 Å². The summed E-state index contributed by atoms with van der Waals surface area (Å²) in [7, 11) is 0. The number of piperidine rings is 1. The van der Waals surface area contributed by atoms with E-state index in [-0.39, 0.29) is 5.91 Å². The van der Waals surface area contributed by atoms with Crippen LogP contribution in [0.5, 0.6) is 0 Å². The van der Waals surface area contributed by atoms with Gasteiger partial charge >= 0.3 is 0 Å². The van der Waals surface area contributed by atoms with Crippen LogP contribution in [-0.2, 0) is 4.79 Å². The van der Waals surface area contributed by atoms with Crippen molar-refractivity contribution in [2.24, 2.45) is 5.92 Å². The van der Waals surface area contributed by atoms with Gasteiger partial charge in [0.05, 0.1) is 0 Å². The average molecular weight is 254 g/mol. The van der Waals surface area contributed by atoms with Crippen molar-refractivity contribution in [2.75, 3.05) is 13.1 Å². The molecule has 1 N–H and O–H groups in total. The molecule has 1 saturated heterocycles. The summed E-state index contributed by atoms with van der Waals surface area (Å²) in [6, 6.07) is 1.22. The molecule has 0 radical (unpaired) electrons. The number of nitrogens with one attached hydrogen (secondary N) is 1. The second-order valence-electron chi connectivity index (χ2n) is 6.17. The number of carbonyl (C=O) groups is 1. The van der Waals surface area contributed by atoms with Gasteiger partial charge in [0.15, 0.2) is 0 Å². The van der Waals surface area contributed by atoms with Crippen LogP contribution in [0.1, 0.15) is 59.8 Å². The molecule has 3 nitrogen and oxygen atoms in total. The zero-order chi connectivity index (χ0) is 13.5. The van der Waals surface area contributed by atoms with Gasteiger partial charge in [0.25, 0.3) is 0 Å². The van der Waals surface area contributed by atoms with Crippen molar-refractivity contribution in [1.29, 1.82) is 0 Å². The number of rotatable bonds is 6. The summed E-state index contributed by atoms with van der Waals surface area (Å²) in [6.07, 6.45) is 6.13. The maximum atomic E-state index is 11.2. The van der Waals surface area contributed by atoms with E-state index in [4.69, 9.17) is 0 Å². The van der Waals surface area contributed by atoms with E-state index in [1.54, 1.807) is 6.92 Å². The van der Waals surface area contributed by atoms with Gasteiger partial charge < -0.3 is 10.2 Å². The van der Waals surface area contributed by atoms with Crippen LogP contribution in [0.15, 0.2) is 0 Å². The predicted molar refractivity (Wildman–Crippen MR) is 76.6 cm³/mol. The number of hydrogen-bond acceptors (Lipinski definition) is 2. The van der Waals surface area contributed by atoms with E-state index >= 15 is 0 Å². The molecular formula is C15H30N2O. The van der Waals surface area contributed by atoms with Gasteiger partial charge in [-0.3, -0.25) is 4.79 Å². The van der Waals surface area contributed by atoms with Crippen LogP contribution in [0.4, 0.5) is 0 Å². The maximum absolute atomic E-state index is 11.2. The van der Waals surface area contributed by atoms with Crippen LogP contribution in [0, 0.1) is 5.92 Å². The molecule has 1 rings (SSSR count). The van der Waals surface area contributed by atoms with E-state index in [1.807, 2.05) is 4.90 Å². The first kappa shape index (κ1) is 15.5. The highest BCUT2D eigenvalue weighted by atomic mass is 16.2. The molecular weight excluding hydrogens is 224 g/mol. The Morgan fingerprint density at radius 1 is 1.22 bits per heavy atom. The summed E-state index contributed by atoms with van der Waals surface area (Å²) in [5, 5.41) is 3.71. The second kappa shape index (κ2) is 7.78. The fourth-order valence-corrected chi connectivity index (χ4v) is 2.68. The minimum atomic E-state index is 0.221. The van der Waals surface area contributed by atoms with Crippen molar-refractivity contribution in [3.05, 3.63) is 0 Å². The quantitative estimate of drug-likeness (QED) is 0.790. The van der Waals surface area contributed by atoms with Crippen molar-refractivity contribution in [1.82, 2.24) is 10.2 Å². The van der Waals surface area contributed by atoms with Crippen LogP contribution in [0.3, 0.4) is 0 Å². The van der Waals surface area contributed by atoms with Gasteiger partial charge in [-0.1, -0.05) is 26.7 Å². The molecule has 1 unspecified atom stereocenters. The van der Waals surface area contributed by atoms with Crippen LogP contribution in [0.2, 0.25) is 0 Å². The molecule has 1 amide bonds. The predicted octanol–water partition coefficient (Wildman–Crippen LogP) is 2.80. The van der Waals surface area contributed by atoms with E-state index < -0.39 is 0 Å². The molecule has 0 aliphatic carbocycles. The number of hydrogen-bond donors (Lipinski definition) is 1. The summed E-state index contributed by atoms with van der Waals surface area (Å²) in [5.41, 5.74) is 0. The summed E-state index contributed by atoms with van der Waals surface area (Å²) >= 11 is 0. The molecule has 0 aromatic heterocycles. The normalized spacial score (nSPS) is 19.3. The van der Waals surface area contributed by atoms with E-state index in [0.717, 1.165) is 31.8 Å². The Morgan fingerprint density at radius 2 is 1.83 bits per heavy atom. The highest BCUT2D eigenvalue weighted by molar-refractivity contribution is 5.73. The molecule has 106 valence electrons. The van der Waals surface area contributed by atoms with E-state index in [0.29, 0.717) is 12.1 Å². The van der Waals surface area contributed by atoms with Crippen molar-refractivity contribution < 1.29 is 4.79 Å². The molecule has 0 saturated carbocycles. The van der Waals surface area contributed by atoms with E-state index in [2.05, 4.69) is 26.1 Å². The number of carbonyl (C=O) groups excluding carboxylic acids is 1. The van der Waals surface area contributed by atoms with Crippen molar-refractivity contribution in [2.45, 2.75) is 71.9 Å². The lowest BCUT2D eigenvalue weighted by Gasteiger charge is -2.33. The zero-order valence-electron chi connectivity index (χ0n) is 12.5. The third kappa shape index (κ3) is 5.85. The Labute approximate surface area is 112 Å². The number of amides is 1. The van der Waals surface area contributed by atoms with Crippen LogP contribution >= 0.6 is 0 Å². The summed E-state index contributed by atoms with van der Waals surface area (Å²) in [4.78, 5) is 13.2. The van der Waals surface area contributed by atoms with Crippen molar-refractivity contribution in [3.8, 4) is 0 Å². The third-order valence-corrected chi connectivity index (χ3v) is 3.88. The van der Waals surface area contributed by atoms with Crippen LogP contribution < -0.4 is 5.32 Å². The largest absolute Gasteiger partial charge is 0.343 e. The van der Waals surface area contributed by atoms with Gasteiger partial charge in [0, 0.05) is 32.1 Å². The molecule has 3 heteroatoms. The topological polar surface area (TPSA) is 32.3 Å². The molecule has 0 aromatic rings. The first-order valence-corrected chi connectivity index (χ1v) is 7.50. The lowest BCUT2D eigenvalue weighted by Crippen LogP contribution is -2.46. The first-order chi connectivity index (χ1) is 8.49. The van der Waals surface area contributed by atoms with Gasteiger partial charge in [-0.2, -0.15) is 0 Å². The zero-order valence-corrected chi connectivity index (χ0v) is 12.5. The lowest BCUT2D eigenvalue weighted by molar-refractivity contribution is -0.129. The van der Waals surface area contributed by atoms with E-state index in [1.165, 1.54) is 19.3 Å². The first-order valence-electron chi connectivity index (χ1n) is 7.50. The van der Waals surface area contributed by atoms with Gasteiger partial charge in [0.2, 0.25) is 5.91 Å². The van der Waals surface area contributed by atoms with Crippen LogP contribution in [-0.4, -0.2) is 36.0 Å². The molecule has 18 heavy (non-hydrogen) atoms. The van der Waals surface area contributed by atoms with Gasteiger partial charge in [-0.05, 0) is 32.1 Å². The summed E-state index contributed by atoms with van der Waals surface area (Å²) in [6.45, 7) is 10.4. The molecule has 1 atom stereocenters. The SMILES string of the molecule is CC(=O)N1CCC(NC(C)CCCC(C)C)CC1. The summed E-state index contributed by atoms with van der Waals surface area (Å²) < 4.78 is 0. The molecule has 1 heterocycles. The van der Waals surface area contributed by atoms with E-state index in [9.17, 15) is 4.79 Å². The van der Waals surface area contributed by atoms with Gasteiger partial charge in [0.1, 0.15) is 0 Å². The monoisotopic (exact) mass is 254 g/mol. The van der Waals surface area contributed by atoms with Crippen LogP contribution in [0.25, 0.3) is 0 Å². The Hall–Kier alpha value is -0.570. The average Bonchev–Trinajstić information content (AvgIpc) is 2.29. The summed E-state index contributed by atoms with van der Waals surface area (Å²) in [5.74, 6) is 1.04. The standard InChI is InChI=1S/C15H30N2O/c1-12(2)6-5-7-13(3)16-15-8-10-17(11-9-15)14(4)18/h12-13,15-16H,5-11H2,1-4H3. The molecule has 0 bridgehead atoms. The lowest BCUT2D eigenvalue weighted by atomic mass is 10.0. The maximum Gasteiger partial charge on any atom is 0.219 e.